The Hall–Kier alpha value is -4.26. The lowest BCUT2D eigenvalue weighted by atomic mass is 10.1. The van der Waals surface area contributed by atoms with Gasteiger partial charge in [-0.2, -0.15) is 4.98 Å². The third kappa shape index (κ3) is 3.69. The van der Waals surface area contributed by atoms with Gasteiger partial charge >= 0.3 is 0 Å². The molecule has 4 aromatic rings. The summed E-state index contributed by atoms with van der Waals surface area (Å²) in [4.78, 5) is 38.0. The topological polar surface area (TPSA) is 146 Å². The van der Waals surface area contributed by atoms with E-state index in [0.29, 0.717) is 16.2 Å². The van der Waals surface area contributed by atoms with E-state index in [0.717, 1.165) is 12.1 Å². The molecule has 0 aliphatic carbocycles. The van der Waals surface area contributed by atoms with Crippen LogP contribution in [-0.2, 0) is 0 Å². The summed E-state index contributed by atoms with van der Waals surface area (Å²) in [5.74, 6) is -1.32. The smallest absolute Gasteiger partial charge is 0.279 e. The minimum Gasteiger partial charge on any atom is -0.289 e. The second-order valence-corrected chi connectivity index (χ2v) is 7.20. The van der Waals surface area contributed by atoms with Crippen molar-refractivity contribution in [3.05, 3.63) is 79.0 Å². The largest absolute Gasteiger partial charge is 0.289 e. The van der Waals surface area contributed by atoms with Gasteiger partial charge in [-0.05, 0) is 31.2 Å². The Balaban J connectivity index is 1.67. The summed E-state index contributed by atoms with van der Waals surface area (Å²) in [6.07, 6.45) is 0. The lowest BCUT2D eigenvalue weighted by Crippen LogP contribution is -2.14. The first-order valence-electron chi connectivity index (χ1n) is 8.59. The van der Waals surface area contributed by atoms with Crippen molar-refractivity contribution in [2.45, 2.75) is 6.92 Å². The van der Waals surface area contributed by atoms with Crippen LogP contribution in [0.2, 0.25) is 0 Å². The van der Waals surface area contributed by atoms with E-state index < -0.39 is 27.1 Å². The number of nitrogens with one attached hydrogen (secondary N) is 1. The number of benzene rings is 2. The molecule has 0 bridgehead atoms. The monoisotopic (exact) mass is 442 g/mol. The highest BCUT2D eigenvalue weighted by Crippen LogP contribution is 2.30. The zero-order chi connectivity index (χ0) is 22.3. The number of amides is 1. The molecule has 13 heteroatoms. The summed E-state index contributed by atoms with van der Waals surface area (Å²) in [5.41, 5.74) is -0.222. The lowest BCUT2D eigenvalue weighted by Gasteiger charge is -2.04. The summed E-state index contributed by atoms with van der Waals surface area (Å²) in [7, 11) is 0. The Morgan fingerprint density at radius 2 is 1.74 bits per heavy atom. The van der Waals surface area contributed by atoms with Gasteiger partial charge in [-0.1, -0.05) is 0 Å². The zero-order valence-electron chi connectivity index (χ0n) is 15.6. The van der Waals surface area contributed by atoms with Gasteiger partial charge in [-0.3, -0.25) is 30.3 Å². The van der Waals surface area contributed by atoms with Crippen LogP contribution in [0.4, 0.5) is 21.7 Å². The van der Waals surface area contributed by atoms with Crippen LogP contribution in [0.25, 0.3) is 16.2 Å². The molecule has 0 saturated carbocycles. The van der Waals surface area contributed by atoms with Gasteiger partial charge in [0.1, 0.15) is 11.4 Å². The van der Waals surface area contributed by atoms with Crippen LogP contribution < -0.4 is 5.32 Å². The highest BCUT2D eigenvalue weighted by Gasteiger charge is 2.26. The third-order valence-electron chi connectivity index (χ3n) is 4.46. The molecule has 31 heavy (non-hydrogen) atoms. The number of thiazole rings is 1. The second kappa shape index (κ2) is 7.53. The van der Waals surface area contributed by atoms with E-state index >= 15 is 0 Å². The normalized spacial score (nSPS) is 10.9. The Bertz CT molecular complexity index is 1330. The van der Waals surface area contributed by atoms with Crippen molar-refractivity contribution >= 4 is 39.5 Å². The molecule has 0 fully saturated rings. The first kappa shape index (κ1) is 20.0. The van der Waals surface area contributed by atoms with Crippen molar-refractivity contribution in [3.63, 3.8) is 0 Å². The first-order chi connectivity index (χ1) is 14.7. The van der Waals surface area contributed by atoms with Gasteiger partial charge in [0, 0.05) is 23.1 Å². The number of rotatable bonds is 5. The van der Waals surface area contributed by atoms with Gasteiger partial charge in [0.2, 0.25) is 4.96 Å². The van der Waals surface area contributed by atoms with Crippen LogP contribution in [0.1, 0.15) is 15.9 Å². The number of anilines is 1. The molecule has 0 spiro atoms. The number of carbonyl (C=O) groups excluding carboxylic acids is 1. The number of fused-ring (bicyclic) bond motifs is 1. The Morgan fingerprint density at radius 3 is 2.32 bits per heavy atom. The molecule has 4 rings (SSSR count). The maximum atomic E-state index is 13.2. The number of aromatic nitrogens is 3. The second-order valence-electron chi connectivity index (χ2n) is 6.37. The predicted molar refractivity (Wildman–Crippen MR) is 109 cm³/mol. The molecule has 0 aliphatic rings. The van der Waals surface area contributed by atoms with E-state index in [1.165, 1.54) is 34.9 Å². The number of nitro benzene ring substituents is 2. The van der Waals surface area contributed by atoms with Crippen molar-refractivity contribution in [2.75, 3.05) is 5.32 Å². The van der Waals surface area contributed by atoms with Crippen LogP contribution in [-0.4, -0.2) is 30.4 Å². The Labute approximate surface area is 176 Å². The molecule has 11 nitrogen and oxygen atoms in total. The number of nitrogens with zero attached hydrogens (tertiary/aromatic N) is 5. The fourth-order valence-corrected chi connectivity index (χ4v) is 3.75. The van der Waals surface area contributed by atoms with Crippen molar-refractivity contribution < 1.29 is 19.0 Å². The summed E-state index contributed by atoms with van der Waals surface area (Å²) < 4.78 is 14.6. The van der Waals surface area contributed by atoms with E-state index in [9.17, 15) is 29.4 Å². The molecular weight excluding hydrogens is 431 g/mol. The van der Waals surface area contributed by atoms with E-state index in [1.807, 2.05) is 0 Å². The molecule has 0 atom stereocenters. The zero-order valence-corrected chi connectivity index (χ0v) is 16.4. The van der Waals surface area contributed by atoms with Gasteiger partial charge in [0.15, 0.2) is 0 Å². The van der Waals surface area contributed by atoms with Crippen LogP contribution in [0.3, 0.4) is 0 Å². The van der Waals surface area contributed by atoms with Gasteiger partial charge in [-0.15, -0.1) is 16.4 Å². The summed E-state index contributed by atoms with van der Waals surface area (Å²) in [5, 5.41) is 30.8. The number of hydrogen-bond donors (Lipinski definition) is 1. The molecule has 1 N–H and O–H groups in total. The van der Waals surface area contributed by atoms with Crippen molar-refractivity contribution in [1.82, 2.24) is 14.6 Å². The lowest BCUT2D eigenvalue weighted by molar-refractivity contribution is -0.395. The van der Waals surface area contributed by atoms with Crippen LogP contribution in [0.5, 0.6) is 0 Å². The SMILES string of the molecule is Cc1c([N+](=O)[O-])cc(C(=O)Nc2nc3scc(-c4ccc(F)cc4)n3n2)cc1[N+](=O)[O-]. The molecule has 0 radical (unpaired) electrons. The van der Waals surface area contributed by atoms with Crippen LogP contribution in [0, 0.1) is 33.0 Å². The average molecular weight is 442 g/mol. The van der Waals surface area contributed by atoms with Crippen LogP contribution >= 0.6 is 11.3 Å². The van der Waals surface area contributed by atoms with Crippen LogP contribution in [0.15, 0.2) is 41.8 Å². The summed E-state index contributed by atoms with van der Waals surface area (Å²) in [6, 6.07) is 7.66. The number of halogens is 1. The molecule has 0 unspecified atom stereocenters. The molecule has 2 aromatic heterocycles. The average Bonchev–Trinajstić information content (AvgIpc) is 3.28. The number of nitro groups is 2. The van der Waals surface area contributed by atoms with Crippen molar-refractivity contribution in [1.29, 1.82) is 0 Å². The molecule has 156 valence electrons. The standard InChI is InChI=1S/C18H11FN6O5S/c1-9-13(24(27)28)6-11(7-14(9)25(29)30)16(26)20-17-21-18-23(22-17)15(8-31-18)10-2-4-12(19)5-3-10/h2-8H,1H3,(H,20,22,26). The minimum absolute atomic E-state index is 0.0916. The Morgan fingerprint density at radius 1 is 1.13 bits per heavy atom. The quantitative estimate of drug-likeness (QED) is 0.363. The first-order valence-corrected chi connectivity index (χ1v) is 9.47. The van der Waals surface area contributed by atoms with Gasteiger partial charge < -0.3 is 0 Å². The maximum absolute atomic E-state index is 13.2. The van der Waals surface area contributed by atoms with Gasteiger partial charge in [-0.25, -0.2) is 8.91 Å². The minimum atomic E-state index is -0.840. The van der Waals surface area contributed by atoms with Crippen molar-refractivity contribution in [3.8, 4) is 11.3 Å². The fourth-order valence-electron chi connectivity index (χ4n) is 2.92. The Kier molecular flexibility index (Phi) is 4.87. The van der Waals surface area contributed by atoms with E-state index in [-0.39, 0.29) is 22.9 Å². The molecule has 2 heterocycles. The van der Waals surface area contributed by atoms with Gasteiger partial charge in [0.05, 0.1) is 21.1 Å². The van der Waals surface area contributed by atoms with E-state index in [1.54, 1.807) is 17.5 Å². The molecule has 1 amide bonds. The molecule has 0 saturated heterocycles. The number of carbonyl (C=O) groups is 1. The summed E-state index contributed by atoms with van der Waals surface area (Å²) in [6.45, 7) is 1.24. The highest BCUT2D eigenvalue weighted by atomic mass is 32.1. The maximum Gasteiger partial charge on any atom is 0.279 e. The predicted octanol–water partition coefficient (Wildman–Crippen LogP) is 3.97. The fraction of sp³-hybridized carbons (Fsp3) is 0.0556. The van der Waals surface area contributed by atoms with Gasteiger partial charge in [0.25, 0.3) is 23.2 Å². The molecular formula is C18H11FN6O5S. The summed E-state index contributed by atoms with van der Waals surface area (Å²) >= 11 is 1.24. The number of hydrogen-bond acceptors (Lipinski definition) is 8. The molecule has 2 aromatic carbocycles. The molecule has 0 aliphatic heterocycles. The van der Waals surface area contributed by atoms with E-state index in [4.69, 9.17) is 0 Å². The highest BCUT2D eigenvalue weighted by molar-refractivity contribution is 7.15. The van der Waals surface area contributed by atoms with E-state index in [2.05, 4.69) is 15.4 Å². The van der Waals surface area contributed by atoms with Crippen molar-refractivity contribution in [2.24, 2.45) is 0 Å². The third-order valence-corrected chi connectivity index (χ3v) is 5.27.